The molecule has 9 heavy (non-hydrogen) atoms. The van der Waals surface area contributed by atoms with E-state index in [4.69, 9.17) is 16.4 Å². The van der Waals surface area contributed by atoms with E-state index in [0.717, 1.165) is 12.8 Å². The van der Waals surface area contributed by atoms with Crippen LogP contribution in [-0.2, 0) is 0 Å². The molecule has 0 aliphatic carbocycles. The van der Waals surface area contributed by atoms with Gasteiger partial charge in [-0.3, -0.25) is 5.41 Å². The van der Waals surface area contributed by atoms with Gasteiger partial charge in [-0.1, -0.05) is 0 Å². The van der Waals surface area contributed by atoms with Crippen LogP contribution in [0.25, 0.3) is 0 Å². The number of nitriles is 1. The van der Waals surface area contributed by atoms with Crippen molar-refractivity contribution in [2.45, 2.75) is 25.7 Å². The summed E-state index contributed by atoms with van der Waals surface area (Å²) >= 11 is 0. The lowest BCUT2D eigenvalue weighted by Gasteiger charge is -1.92. The fraction of sp³-hybridized carbons (Fsp3) is 0.667. The molecule has 0 rings (SSSR count). The molecule has 0 spiro atoms. The molecule has 0 aromatic heterocycles. The van der Waals surface area contributed by atoms with Gasteiger partial charge in [0.2, 0.25) is 0 Å². The van der Waals surface area contributed by atoms with Crippen LogP contribution in [0.3, 0.4) is 0 Å². The van der Waals surface area contributed by atoms with E-state index < -0.39 is 0 Å². The van der Waals surface area contributed by atoms with Gasteiger partial charge in [0.15, 0.2) is 0 Å². The normalized spacial score (nSPS) is 8.33. The third-order valence-corrected chi connectivity index (χ3v) is 0.985. The summed E-state index contributed by atoms with van der Waals surface area (Å²) in [5, 5.41) is 14.9. The average Bonchev–Trinajstić information content (AvgIpc) is 1.80. The molecule has 3 nitrogen and oxygen atoms in total. The minimum atomic E-state index is 0.216. The Morgan fingerprint density at radius 2 is 2.22 bits per heavy atom. The lowest BCUT2D eigenvalue weighted by Crippen LogP contribution is -2.08. The minimum Gasteiger partial charge on any atom is -0.388 e. The fourth-order valence-electron chi connectivity index (χ4n) is 0.520. The molecule has 0 fully saturated rings. The highest BCUT2D eigenvalue weighted by Gasteiger charge is 1.88. The van der Waals surface area contributed by atoms with Crippen molar-refractivity contribution in [2.24, 2.45) is 5.73 Å². The second kappa shape index (κ2) is 5.10. The summed E-state index contributed by atoms with van der Waals surface area (Å²) in [4.78, 5) is 0. The predicted octanol–water partition coefficient (Wildman–Crippen LogP) is 1.01. The summed E-state index contributed by atoms with van der Waals surface area (Å²) in [5.74, 6) is 0.216. The number of hydrogen-bond donors (Lipinski definition) is 2. The molecule has 0 heterocycles. The molecule has 0 radical (unpaired) electrons. The maximum atomic E-state index is 8.10. The molecule has 0 aliphatic rings. The molecule has 0 aromatic rings. The van der Waals surface area contributed by atoms with Crippen molar-refractivity contribution in [3.05, 3.63) is 0 Å². The summed E-state index contributed by atoms with van der Waals surface area (Å²) in [5.41, 5.74) is 5.08. The van der Waals surface area contributed by atoms with Gasteiger partial charge in [0.05, 0.1) is 11.9 Å². The molecule has 0 atom stereocenters. The van der Waals surface area contributed by atoms with Crippen molar-refractivity contribution in [3.63, 3.8) is 0 Å². The first-order chi connectivity index (χ1) is 4.27. The van der Waals surface area contributed by atoms with Crippen LogP contribution < -0.4 is 5.73 Å². The van der Waals surface area contributed by atoms with Gasteiger partial charge < -0.3 is 5.73 Å². The van der Waals surface area contributed by atoms with E-state index in [9.17, 15) is 0 Å². The summed E-state index contributed by atoms with van der Waals surface area (Å²) in [6, 6.07) is 2.03. The zero-order valence-corrected chi connectivity index (χ0v) is 5.35. The van der Waals surface area contributed by atoms with Gasteiger partial charge >= 0.3 is 0 Å². The molecule has 50 valence electrons. The lowest BCUT2D eigenvalue weighted by atomic mass is 10.2. The number of amidine groups is 1. The highest BCUT2D eigenvalue weighted by Crippen LogP contribution is 1.96. The number of nitrogens with zero attached hydrogens (tertiary/aromatic N) is 1. The maximum absolute atomic E-state index is 8.10. The molecular formula is C6H11N3. The Morgan fingerprint density at radius 3 is 2.67 bits per heavy atom. The van der Waals surface area contributed by atoms with Crippen LogP contribution in [0.2, 0.25) is 0 Å². The molecule has 3 N–H and O–H groups in total. The minimum absolute atomic E-state index is 0.216. The molecule has 0 saturated heterocycles. The largest absolute Gasteiger partial charge is 0.388 e. The third-order valence-electron chi connectivity index (χ3n) is 0.985. The molecule has 3 heteroatoms. The number of nitrogens with one attached hydrogen (secondary N) is 1. The molecule has 0 unspecified atom stereocenters. The second-order valence-corrected chi connectivity index (χ2v) is 1.89. The molecule has 0 amide bonds. The Balaban J connectivity index is 2.94. The van der Waals surface area contributed by atoms with Crippen LogP contribution in [0.4, 0.5) is 0 Å². The quantitative estimate of drug-likeness (QED) is 0.334. The van der Waals surface area contributed by atoms with Gasteiger partial charge in [0, 0.05) is 12.8 Å². The average molecular weight is 125 g/mol. The molecular weight excluding hydrogens is 114 g/mol. The first-order valence-electron chi connectivity index (χ1n) is 2.97. The van der Waals surface area contributed by atoms with Crippen LogP contribution in [0, 0.1) is 16.7 Å². The van der Waals surface area contributed by atoms with Crippen LogP contribution >= 0.6 is 0 Å². The van der Waals surface area contributed by atoms with Gasteiger partial charge in [-0.15, -0.1) is 0 Å². The Labute approximate surface area is 55.0 Å². The van der Waals surface area contributed by atoms with Crippen molar-refractivity contribution in [3.8, 4) is 6.07 Å². The van der Waals surface area contributed by atoms with Gasteiger partial charge in [-0.25, -0.2) is 0 Å². The van der Waals surface area contributed by atoms with Gasteiger partial charge in [0.25, 0.3) is 0 Å². The predicted molar refractivity (Wildman–Crippen MR) is 36.0 cm³/mol. The van der Waals surface area contributed by atoms with E-state index in [2.05, 4.69) is 0 Å². The van der Waals surface area contributed by atoms with Crippen LogP contribution in [0.15, 0.2) is 0 Å². The summed E-state index contributed by atoms with van der Waals surface area (Å²) < 4.78 is 0. The van der Waals surface area contributed by atoms with E-state index in [1.165, 1.54) is 0 Å². The van der Waals surface area contributed by atoms with E-state index in [1.54, 1.807) is 0 Å². The van der Waals surface area contributed by atoms with Gasteiger partial charge in [-0.2, -0.15) is 5.26 Å². The summed E-state index contributed by atoms with van der Waals surface area (Å²) in [7, 11) is 0. The topological polar surface area (TPSA) is 73.7 Å². The highest BCUT2D eigenvalue weighted by atomic mass is 14.7. The Kier molecular flexibility index (Phi) is 4.51. The summed E-state index contributed by atoms with van der Waals surface area (Å²) in [6.07, 6.45) is 2.92. The zero-order chi connectivity index (χ0) is 7.11. The molecule has 0 aliphatic heterocycles. The van der Waals surface area contributed by atoms with Crippen molar-refractivity contribution >= 4 is 5.84 Å². The van der Waals surface area contributed by atoms with E-state index >= 15 is 0 Å². The lowest BCUT2D eigenvalue weighted by molar-refractivity contribution is 0.779. The highest BCUT2D eigenvalue weighted by molar-refractivity contribution is 5.76. The van der Waals surface area contributed by atoms with Gasteiger partial charge in [0.1, 0.15) is 0 Å². The summed E-state index contributed by atoms with van der Waals surface area (Å²) in [6.45, 7) is 0. The number of rotatable bonds is 4. The molecule has 0 bridgehead atoms. The van der Waals surface area contributed by atoms with Crippen LogP contribution in [0.1, 0.15) is 25.7 Å². The SMILES string of the molecule is N#CCCCCC(=N)N. The third kappa shape index (κ3) is 6.96. The van der Waals surface area contributed by atoms with Crippen molar-refractivity contribution in [1.29, 1.82) is 10.7 Å². The van der Waals surface area contributed by atoms with E-state index in [1.807, 2.05) is 6.07 Å². The van der Waals surface area contributed by atoms with Crippen molar-refractivity contribution < 1.29 is 0 Å². The molecule has 0 aromatic carbocycles. The zero-order valence-electron chi connectivity index (χ0n) is 5.35. The Morgan fingerprint density at radius 1 is 1.56 bits per heavy atom. The Hall–Kier alpha value is -1.04. The van der Waals surface area contributed by atoms with Crippen molar-refractivity contribution in [2.75, 3.05) is 0 Å². The first kappa shape index (κ1) is 7.96. The number of unbranched alkanes of at least 4 members (excludes halogenated alkanes) is 2. The van der Waals surface area contributed by atoms with E-state index in [-0.39, 0.29) is 5.84 Å². The van der Waals surface area contributed by atoms with Crippen LogP contribution in [0.5, 0.6) is 0 Å². The Bertz CT molecular complexity index is 123. The first-order valence-corrected chi connectivity index (χ1v) is 2.97. The van der Waals surface area contributed by atoms with Crippen LogP contribution in [-0.4, -0.2) is 5.84 Å². The fourth-order valence-corrected chi connectivity index (χ4v) is 0.520. The number of nitrogens with two attached hydrogens (primary N) is 1. The molecule has 0 saturated carbocycles. The van der Waals surface area contributed by atoms with Crippen molar-refractivity contribution in [1.82, 2.24) is 0 Å². The smallest absolute Gasteiger partial charge is 0.0905 e. The number of hydrogen-bond acceptors (Lipinski definition) is 2. The second-order valence-electron chi connectivity index (χ2n) is 1.89. The standard InChI is InChI=1S/C6H11N3/c7-5-3-1-2-4-6(8)9/h1-4H2,(H3,8,9). The van der Waals surface area contributed by atoms with Gasteiger partial charge in [-0.05, 0) is 12.8 Å². The van der Waals surface area contributed by atoms with E-state index in [0.29, 0.717) is 12.8 Å². The maximum Gasteiger partial charge on any atom is 0.0905 e. The monoisotopic (exact) mass is 125 g/mol.